The average molecular weight is 969 g/mol. The summed E-state index contributed by atoms with van der Waals surface area (Å²) in [5.41, 5.74) is 0. The summed E-state index contributed by atoms with van der Waals surface area (Å²) in [7, 11) is -5.07. The maximum absolute atomic E-state index is 12.9. The topological polar surface area (TPSA) is 178 Å². The Morgan fingerprint density at radius 1 is 0.582 bits per heavy atom. The van der Waals surface area contributed by atoms with Gasteiger partial charge in [0.25, 0.3) is 0 Å². The number of ether oxygens (including phenoxy) is 4. The van der Waals surface area contributed by atoms with Crippen molar-refractivity contribution in [3.63, 3.8) is 0 Å². The van der Waals surface area contributed by atoms with E-state index in [2.05, 4.69) is 78.8 Å². The fraction of sp³-hybridized carbons (Fsp3) is 0.796. The summed E-state index contributed by atoms with van der Waals surface area (Å²) in [5, 5.41) is 30.8. The lowest BCUT2D eigenvalue weighted by Gasteiger charge is -2.41. The Kier molecular flexibility index (Phi) is 42.2. The Morgan fingerprint density at radius 3 is 1.51 bits per heavy atom. The normalized spacial score (nSPS) is 19.9. The first-order valence-electron chi connectivity index (χ1n) is 26.5. The number of hydrogen-bond donors (Lipinski definition) is 4. The Hall–Kier alpha value is -2.20. The maximum atomic E-state index is 12.9. The molecule has 12 nitrogen and oxygen atoms in total. The lowest BCUT2D eigenvalue weighted by molar-refractivity contribution is -0.301. The van der Waals surface area contributed by atoms with Gasteiger partial charge in [0.05, 0.1) is 19.8 Å². The van der Waals surface area contributed by atoms with E-state index in [1.165, 1.54) is 109 Å². The predicted octanol–water partition coefficient (Wildman–Crippen LogP) is 12.5. The van der Waals surface area contributed by atoms with Crippen molar-refractivity contribution in [1.82, 2.24) is 0 Å². The van der Waals surface area contributed by atoms with Crippen LogP contribution in [0.5, 0.6) is 0 Å². The Labute approximate surface area is 408 Å². The highest BCUT2D eigenvalue weighted by Gasteiger charge is 2.48. The van der Waals surface area contributed by atoms with Crippen molar-refractivity contribution in [1.29, 1.82) is 0 Å². The van der Waals surface area contributed by atoms with E-state index >= 15 is 0 Å². The van der Waals surface area contributed by atoms with Crippen LogP contribution < -0.4 is 0 Å². The predicted molar refractivity (Wildman–Crippen MR) is 271 cm³/mol. The fourth-order valence-corrected chi connectivity index (χ4v) is 8.44. The average Bonchev–Trinajstić information content (AvgIpc) is 3.30. The summed E-state index contributed by atoms with van der Waals surface area (Å²) in [6.45, 7) is 3.89. The molecule has 1 aliphatic rings. The van der Waals surface area contributed by atoms with Gasteiger partial charge < -0.3 is 34.3 Å². The van der Waals surface area contributed by atoms with Crippen molar-refractivity contribution in [2.75, 3.05) is 26.4 Å². The molecule has 1 fully saturated rings. The number of allylic oxidation sites excluding steroid dienone is 10. The minimum Gasteiger partial charge on any atom is -0.457 e. The maximum Gasteiger partial charge on any atom is 0.397 e. The first kappa shape index (κ1) is 62.8. The zero-order chi connectivity index (χ0) is 48.9. The third-order valence-corrected chi connectivity index (χ3v) is 12.4. The molecule has 390 valence electrons. The molecule has 1 saturated heterocycles. The Morgan fingerprint density at radius 2 is 1.03 bits per heavy atom. The van der Waals surface area contributed by atoms with E-state index in [0.717, 1.165) is 77.0 Å². The van der Waals surface area contributed by atoms with Gasteiger partial charge in [-0.3, -0.25) is 9.35 Å². The molecular formula is C54H96O12S. The molecule has 0 saturated carbocycles. The molecule has 0 radical (unpaired) electrons. The van der Waals surface area contributed by atoms with Crippen LogP contribution in [0.25, 0.3) is 0 Å². The van der Waals surface area contributed by atoms with E-state index in [4.69, 9.17) is 18.9 Å². The molecule has 1 heterocycles. The SMILES string of the molecule is CC/C=C\C/C=C\C/C=C\C/C=C\C/C=C\CCCCCCCCCCCC(=O)OC(COCCCCCCCCCCCCCCCCC)COC1OC(CO)C(O)C(OS(=O)(=O)O)C1O. The molecule has 1 rings (SSSR count). The molecule has 0 bridgehead atoms. The van der Waals surface area contributed by atoms with Gasteiger partial charge >= 0.3 is 16.4 Å². The summed E-state index contributed by atoms with van der Waals surface area (Å²) < 4.78 is 59.3. The summed E-state index contributed by atoms with van der Waals surface area (Å²) >= 11 is 0. The monoisotopic (exact) mass is 969 g/mol. The summed E-state index contributed by atoms with van der Waals surface area (Å²) in [6, 6.07) is 0. The quantitative estimate of drug-likeness (QED) is 0.0197. The highest BCUT2D eigenvalue weighted by atomic mass is 32.3. The highest BCUT2D eigenvalue weighted by molar-refractivity contribution is 7.80. The number of aliphatic hydroxyl groups is 3. The first-order valence-corrected chi connectivity index (χ1v) is 27.9. The van der Waals surface area contributed by atoms with Crippen LogP contribution in [0.3, 0.4) is 0 Å². The summed E-state index contributed by atoms with van der Waals surface area (Å²) in [5.74, 6) is -0.405. The van der Waals surface area contributed by atoms with Gasteiger partial charge in [-0.05, 0) is 57.8 Å². The van der Waals surface area contributed by atoms with Crippen molar-refractivity contribution in [3.8, 4) is 0 Å². The smallest absolute Gasteiger partial charge is 0.397 e. The van der Waals surface area contributed by atoms with Crippen molar-refractivity contribution >= 4 is 16.4 Å². The van der Waals surface area contributed by atoms with Crippen LogP contribution in [0.1, 0.15) is 213 Å². The van der Waals surface area contributed by atoms with Crippen LogP contribution in [0, 0.1) is 0 Å². The summed E-state index contributed by atoms with van der Waals surface area (Å²) in [6.07, 6.45) is 48.2. The Bertz CT molecular complexity index is 1400. The summed E-state index contributed by atoms with van der Waals surface area (Å²) in [4.78, 5) is 12.9. The molecule has 0 amide bonds. The van der Waals surface area contributed by atoms with Gasteiger partial charge in [0.2, 0.25) is 0 Å². The van der Waals surface area contributed by atoms with Crippen LogP contribution in [0.15, 0.2) is 60.8 Å². The molecule has 0 aliphatic carbocycles. The number of unbranched alkanes of at least 4 members (excludes halogenated alkanes) is 23. The third-order valence-electron chi connectivity index (χ3n) is 11.9. The van der Waals surface area contributed by atoms with E-state index in [-0.39, 0.29) is 19.6 Å². The zero-order valence-corrected chi connectivity index (χ0v) is 42.8. The third kappa shape index (κ3) is 38.3. The van der Waals surface area contributed by atoms with E-state index in [0.29, 0.717) is 13.0 Å². The van der Waals surface area contributed by atoms with E-state index in [1.54, 1.807) is 0 Å². The van der Waals surface area contributed by atoms with Crippen molar-refractivity contribution < 1.29 is 56.2 Å². The fourth-order valence-electron chi connectivity index (χ4n) is 7.94. The van der Waals surface area contributed by atoms with E-state index < -0.39 is 59.8 Å². The number of rotatable bonds is 46. The molecule has 0 aromatic rings. The van der Waals surface area contributed by atoms with Crippen LogP contribution >= 0.6 is 0 Å². The van der Waals surface area contributed by atoms with Gasteiger partial charge in [-0.2, -0.15) is 8.42 Å². The lowest BCUT2D eigenvalue weighted by Crippen LogP contribution is -2.60. The standard InChI is InChI=1S/C54H96O12S/c1-3-5-7-9-11-13-15-17-19-20-21-22-23-24-25-26-27-28-29-31-33-35-37-39-41-43-50(56)64-48(47-63-54-52(58)53(66-67(59,60)61)51(57)49(45-55)65-54)46-62-44-42-40-38-36-34-32-30-18-16-14-12-10-8-6-4-2/h5,7,11,13,17,19,21-22,24-25,48-49,51-55,57-58H,3-4,6,8-10,12,14-16,18,20,23,26-47H2,1-2H3,(H,59,60,61)/b7-5-,13-11-,19-17-,22-21-,25-24-. The molecule has 6 atom stereocenters. The minimum absolute atomic E-state index is 0.0342. The molecule has 6 unspecified atom stereocenters. The van der Waals surface area contributed by atoms with E-state index in [9.17, 15) is 33.1 Å². The molecule has 0 spiro atoms. The second-order valence-corrected chi connectivity index (χ2v) is 19.1. The molecule has 13 heteroatoms. The van der Waals surface area contributed by atoms with Crippen LogP contribution in [-0.4, -0.2) is 97.5 Å². The number of carbonyl (C=O) groups is 1. The first-order chi connectivity index (χ1) is 32.6. The van der Waals surface area contributed by atoms with Gasteiger partial charge in [-0.1, -0.05) is 209 Å². The number of hydrogen-bond acceptors (Lipinski definition) is 11. The molecule has 67 heavy (non-hydrogen) atoms. The van der Waals surface area contributed by atoms with Crippen molar-refractivity contribution in [2.45, 2.75) is 250 Å². The van der Waals surface area contributed by atoms with Crippen molar-refractivity contribution in [2.24, 2.45) is 0 Å². The molecular weight excluding hydrogens is 873 g/mol. The number of aliphatic hydroxyl groups excluding tert-OH is 3. The number of esters is 1. The number of carbonyl (C=O) groups excluding carboxylic acids is 1. The molecule has 0 aromatic carbocycles. The van der Waals surface area contributed by atoms with Crippen molar-refractivity contribution in [3.05, 3.63) is 60.8 Å². The largest absolute Gasteiger partial charge is 0.457 e. The van der Waals surface area contributed by atoms with Crippen LogP contribution in [0.4, 0.5) is 0 Å². The van der Waals surface area contributed by atoms with Gasteiger partial charge in [-0.25, -0.2) is 4.18 Å². The van der Waals surface area contributed by atoms with Gasteiger partial charge in [0.1, 0.15) is 30.5 Å². The second-order valence-electron chi connectivity index (χ2n) is 18.1. The van der Waals surface area contributed by atoms with Gasteiger partial charge in [0.15, 0.2) is 6.29 Å². The van der Waals surface area contributed by atoms with Gasteiger partial charge in [0, 0.05) is 13.0 Å². The Balaban J connectivity index is 2.33. The van der Waals surface area contributed by atoms with Gasteiger partial charge in [-0.15, -0.1) is 0 Å². The minimum atomic E-state index is -5.07. The van der Waals surface area contributed by atoms with Crippen LogP contribution in [-0.2, 0) is 38.3 Å². The lowest BCUT2D eigenvalue weighted by atomic mass is 9.99. The molecule has 1 aliphatic heterocycles. The second kappa shape index (κ2) is 45.0. The zero-order valence-electron chi connectivity index (χ0n) is 41.9. The van der Waals surface area contributed by atoms with E-state index in [1.807, 2.05) is 0 Å². The highest BCUT2D eigenvalue weighted by Crippen LogP contribution is 2.26. The van der Waals surface area contributed by atoms with Crippen LogP contribution in [0.2, 0.25) is 0 Å². The molecule has 0 aromatic heterocycles. The molecule has 4 N–H and O–H groups in total.